The molecule has 102 valence electrons. The van der Waals surface area contributed by atoms with Gasteiger partial charge in [0.15, 0.2) is 0 Å². The second-order valence-electron chi connectivity index (χ2n) is 4.54. The van der Waals surface area contributed by atoms with Gasteiger partial charge in [-0.3, -0.25) is 0 Å². The third kappa shape index (κ3) is 2.75. The summed E-state index contributed by atoms with van der Waals surface area (Å²) in [5.74, 6) is 2.41. The highest BCUT2D eigenvalue weighted by molar-refractivity contribution is 7.89. The van der Waals surface area contributed by atoms with Crippen molar-refractivity contribution in [2.45, 2.75) is 24.7 Å². The molecule has 0 atom stereocenters. The van der Waals surface area contributed by atoms with E-state index < -0.39 is 10.0 Å². The Bertz CT molecular complexity index is 602. The van der Waals surface area contributed by atoms with E-state index in [-0.39, 0.29) is 6.54 Å². The highest BCUT2D eigenvalue weighted by atomic mass is 32.2. The number of nitrogens with one attached hydrogen (secondary N) is 1. The normalized spacial score (nSPS) is 13.9. The second kappa shape index (κ2) is 5.64. The van der Waals surface area contributed by atoms with E-state index in [0.29, 0.717) is 11.4 Å². The highest BCUT2D eigenvalue weighted by Crippen LogP contribution is 2.27. The summed E-state index contributed by atoms with van der Waals surface area (Å²) in [4.78, 5) is 0.310. The summed E-state index contributed by atoms with van der Waals surface area (Å²) in [5, 5.41) is 3.19. The standard InChI is InChI=1S/C14H18N2O2S/c1-3-9-16(10-4-2)19(17,18)13-6-5-12-7-8-15-14(12)11-13/h1,5-6,11,15H,4,7-10H2,2H3. The van der Waals surface area contributed by atoms with Gasteiger partial charge in [0.05, 0.1) is 11.4 Å². The lowest BCUT2D eigenvalue weighted by atomic mass is 10.2. The lowest BCUT2D eigenvalue weighted by Gasteiger charge is -2.19. The first-order valence-corrected chi connectivity index (χ1v) is 7.84. The van der Waals surface area contributed by atoms with Crippen LogP contribution in [0.3, 0.4) is 0 Å². The highest BCUT2D eigenvalue weighted by Gasteiger charge is 2.24. The van der Waals surface area contributed by atoms with Crippen molar-refractivity contribution in [1.82, 2.24) is 4.31 Å². The predicted molar refractivity (Wildman–Crippen MR) is 76.5 cm³/mol. The zero-order valence-corrected chi connectivity index (χ0v) is 11.8. The molecule has 0 spiro atoms. The quantitative estimate of drug-likeness (QED) is 0.834. The Hall–Kier alpha value is -1.51. The largest absolute Gasteiger partial charge is 0.384 e. The predicted octanol–water partition coefficient (Wildman–Crippen LogP) is 1.69. The molecule has 4 nitrogen and oxygen atoms in total. The molecule has 0 bridgehead atoms. The third-order valence-electron chi connectivity index (χ3n) is 3.17. The van der Waals surface area contributed by atoms with Crippen molar-refractivity contribution in [2.75, 3.05) is 25.0 Å². The molecular weight excluding hydrogens is 260 g/mol. The minimum Gasteiger partial charge on any atom is -0.384 e. The first kappa shape index (κ1) is 13.9. The molecule has 0 saturated carbocycles. The molecule has 1 aromatic carbocycles. The van der Waals surface area contributed by atoms with Crippen LogP contribution in [-0.4, -0.2) is 32.4 Å². The van der Waals surface area contributed by atoms with E-state index in [2.05, 4.69) is 11.2 Å². The summed E-state index contributed by atoms with van der Waals surface area (Å²) in [6.07, 6.45) is 6.94. The van der Waals surface area contributed by atoms with Crippen LogP contribution in [0.2, 0.25) is 0 Å². The molecule has 1 aliphatic heterocycles. The van der Waals surface area contributed by atoms with Crippen molar-refractivity contribution in [3.8, 4) is 12.3 Å². The van der Waals surface area contributed by atoms with Crippen LogP contribution in [0, 0.1) is 12.3 Å². The van der Waals surface area contributed by atoms with Gasteiger partial charge in [0.2, 0.25) is 10.0 Å². The SMILES string of the molecule is C#CCN(CCC)S(=O)(=O)c1ccc2c(c1)NCC2. The van der Waals surface area contributed by atoms with Gasteiger partial charge < -0.3 is 5.32 Å². The molecule has 19 heavy (non-hydrogen) atoms. The van der Waals surface area contributed by atoms with Crippen LogP contribution in [0.5, 0.6) is 0 Å². The average Bonchev–Trinajstić information content (AvgIpc) is 2.85. The van der Waals surface area contributed by atoms with Crippen LogP contribution in [0.4, 0.5) is 5.69 Å². The van der Waals surface area contributed by atoms with Gasteiger partial charge >= 0.3 is 0 Å². The fraction of sp³-hybridized carbons (Fsp3) is 0.429. The van der Waals surface area contributed by atoms with E-state index in [9.17, 15) is 8.42 Å². The van der Waals surface area contributed by atoms with E-state index >= 15 is 0 Å². The van der Waals surface area contributed by atoms with Crippen LogP contribution in [0.1, 0.15) is 18.9 Å². The summed E-state index contributed by atoms with van der Waals surface area (Å²) < 4.78 is 26.4. The van der Waals surface area contributed by atoms with Crippen molar-refractivity contribution in [3.05, 3.63) is 23.8 Å². The summed E-state index contributed by atoms with van der Waals surface area (Å²) >= 11 is 0. The van der Waals surface area contributed by atoms with Crippen LogP contribution < -0.4 is 5.32 Å². The average molecular weight is 278 g/mol. The van der Waals surface area contributed by atoms with Crippen molar-refractivity contribution in [1.29, 1.82) is 0 Å². The number of sulfonamides is 1. The van der Waals surface area contributed by atoms with Gasteiger partial charge in [-0.1, -0.05) is 18.9 Å². The minimum absolute atomic E-state index is 0.112. The molecule has 1 aromatic rings. The van der Waals surface area contributed by atoms with Crippen LogP contribution in [0.15, 0.2) is 23.1 Å². The zero-order chi connectivity index (χ0) is 13.9. The molecule has 0 saturated heterocycles. The molecule has 0 fully saturated rings. The number of nitrogens with zero attached hydrogens (tertiary/aromatic N) is 1. The summed E-state index contributed by atoms with van der Waals surface area (Å²) in [5.41, 5.74) is 2.08. The molecule has 0 amide bonds. The number of benzene rings is 1. The van der Waals surface area contributed by atoms with E-state index in [1.54, 1.807) is 12.1 Å². The van der Waals surface area contributed by atoms with Crippen molar-refractivity contribution in [3.63, 3.8) is 0 Å². The second-order valence-corrected chi connectivity index (χ2v) is 6.48. The Kier molecular flexibility index (Phi) is 4.13. The molecule has 1 N–H and O–H groups in total. The number of hydrogen-bond donors (Lipinski definition) is 1. The Balaban J connectivity index is 2.35. The van der Waals surface area contributed by atoms with Gasteiger partial charge in [0.1, 0.15) is 0 Å². The topological polar surface area (TPSA) is 49.4 Å². The van der Waals surface area contributed by atoms with Gasteiger partial charge in [-0.25, -0.2) is 8.42 Å². The van der Waals surface area contributed by atoms with Gasteiger partial charge in [-0.15, -0.1) is 6.42 Å². The van der Waals surface area contributed by atoms with Gasteiger partial charge in [-0.2, -0.15) is 4.31 Å². The fourth-order valence-corrected chi connectivity index (χ4v) is 3.69. The Morgan fingerprint density at radius 3 is 2.95 bits per heavy atom. The summed E-state index contributed by atoms with van der Waals surface area (Å²) in [6.45, 7) is 3.35. The maximum Gasteiger partial charge on any atom is 0.244 e. The molecule has 1 heterocycles. The van der Waals surface area contributed by atoms with Gasteiger partial charge in [0, 0.05) is 18.8 Å². The van der Waals surface area contributed by atoms with Crippen molar-refractivity contribution in [2.24, 2.45) is 0 Å². The summed E-state index contributed by atoms with van der Waals surface area (Å²) in [7, 11) is -3.50. The molecule has 0 aromatic heterocycles. The molecular formula is C14H18N2O2S. The van der Waals surface area contributed by atoms with E-state index in [1.807, 2.05) is 13.0 Å². The number of fused-ring (bicyclic) bond motifs is 1. The smallest absolute Gasteiger partial charge is 0.244 e. The van der Waals surface area contributed by atoms with E-state index in [1.165, 1.54) is 4.31 Å². The fourth-order valence-electron chi connectivity index (χ4n) is 2.21. The van der Waals surface area contributed by atoms with Crippen LogP contribution >= 0.6 is 0 Å². The first-order chi connectivity index (χ1) is 9.09. The summed E-state index contributed by atoms with van der Waals surface area (Å²) in [6, 6.07) is 5.25. The van der Waals surface area contributed by atoms with E-state index in [0.717, 1.165) is 30.6 Å². The van der Waals surface area contributed by atoms with Crippen molar-refractivity contribution >= 4 is 15.7 Å². The lowest BCUT2D eigenvalue weighted by molar-refractivity contribution is 0.445. The number of hydrogen-bond acceptors (Lipinski definition) is 3. The molecule has 0 aliphatic carbocycles. The molecule has 0 radical (unpaired) electrons. The number of terminal acetylenes is 1. The Labute approximate surface area is 114 Å². The lowest BCUT2D eigenvalue weighted by Crippen LogP contribution is -2.32. The minimum atomic E-state index is -3.50. The number of anilines is 1. The van der Waals surface area contributed by atoms with Crippen LogP contribution in [0.25, 0.3) is 0 Å². The number of rotatable bonds is 5. The first-order valence-electron chi connectivity index (χ1n) is 6.40. The maximum atomic E-state index is 12.5. The zero-order valence-electron chi connectivity index (χ0n) is 11.0. The molecule has 0 unspecified atom stereocenters. The molecule has 5 heteroatoms. The van der Waals surface area contributed by atoms with Gasteiger partial charge in [-0.05, 0) is 30.5 Å². The molecule has 1 aliphatic rings. The van der Waals surface area contributed by atoms with Crippen LogP contribution in [-0.2, 0) is 16.4 Å². The maximum absolute atomic E-state index is 12.5. The van der Waals surface area contributed by atoms with E-state index in [4.69, 9.17) is 6.42 Å². The molecule has 2 rings (SSSR count). The monoisotopic (exact) mass is 278 g/mol. The Morgan fingerprint density at radius 2 is 2.26 bits per heavy atom. The third-order valence-corrected chi connectivity index (χ3v) is 5.01. The van der Waals surface area contributed by atoms with Gasteiger partial charge in [0.25, 0.3) is 0 Å². The van der Waals surface area contributed by atoms with Crippen molar-refractivity contribution < 1.29 is 8.42 Å². The Morgan fingerprint density at radius 1 is 1.47 bits per heavy atom.